The van der Waals surface area contributed by atoms with Crippen LogP contribution in [0.1, 0.15) is 30.3 Å². The van der Waals surface area contributed by atoms with Gasteiger partial charge in [0.25, 0.3) is 12.3 Å². The molecule has 1 aromatic rings. The van der Waals surface area contributed by atoms with E-state index in [1.165, 1.54) is 10.8 Å². The van der Waals surface area contributed by atoms with Gasteiger partial charge in [0.1, 0.15) is 5.69 Å². The minimum atomic E-state index is -2.46. The van der Waals surface area contributed by atoms with Gasteiger partial charge in [0.05, 0.1) is 6.54 Å². The van der Waals surface area contributed by atoms with E-state index in [4.69, 9.17) is 0 Å². The van der Waals surface area contributed by atoms with Crippen LogP contribution >= 0.6 is 0 Å². The first-order chi connectivity index (χ1) is 9.50. The van der Waals surface area contributed by atoms with E-state index in [1.807, 2.05) is 0 Å². The van der Waals surface area contributed by atoms with Crippen LogP contribution < -0.4 is 10.6 Å². The molecule has 1 aliphatic rings. The van der Waals surface area contributed by atoms with Crippen molar-refractivity contribution in [1.82, 2.24) is 15.2 Å². The molecule has 0 atom stereocenters. The molecule has 0 unspecified atom stereocenters. The van der Waals surface area contributed by atoms with Gasteiger partial charge in [-0.2, -0.15) is 0 Å². The van der Waals surface area contributed by atoms with Crippen molar-refractivity contribution >= 4 is 5.91 Å². The van der Waals surface area contributed by atoms with Crippen LogP contribution in [0.3, 0.4) is 0 Å². The van der Waals surface area contributed by atoms with Crippen molar-refractivity contribution in [3.8, 4) is 0 Å². The summed E-state index contributed by atoms with van der Waals surface area (Å²) in [6.07, 6.45) is 1.06. The second-order valence-corrected chi connectivity index (χ2v) is 5.68. The Morgan fingerprint density at radius 2 is 2.20 bits per heavy atom. The van der Waals surface area contributed by atoms with Crippen molar-refractivity contribution < 1.29 is 13.6 Å². The van der Waals surface area contributed by atoms with Gasteiger partial charge in [-0.05, 0) is 43.5 Å². The van der Waals surface area contributed by atoms with Gasteiger partial charge in [0.15, 0.2) is 0 Å². The molecular formula is C14H21F2N3O. The predicted octanol–water partition coefficient (Wildman–Crippen LogP) is 1.87. The minimum absolute atomic E-state index is 0.0844. The highest BCUT2D eigenvalue weighted by atomic mass is 19.3. The number of halogens is 2. The SMILES string of the molecule is CC1(CNC(=O)c2cccn2CC(F)F)CCNCC1. The molecule has 2 rings (SSSR count). The van der Waals surface area contributed by atoms with Crippen molar-refractivity contribution in [2.45, 2.75) is 32.7 Å². The highest BCUT2D eigenvalue weighted by Gasteiger charge is 2.27. The molecule has 1 aliphatic heterocycles. The predicted molar refractivity (Wildman–Crippen MR) is 73.0 cm³/mol. The summed E-state index contributed by atoms with van der Waals surface area (Å²) in [4.78, 5) is 12.1. The molecule has 0 aliphatic carbocycles. The van der Waals surface area contributed by atoms with E-state index in [9.17, 15) is 13.6 Å². The number of carbonyl (C=O) groups is 1. The number of nitrogens with zero attached hydrogens (tertiary/aromatic N) is 1. The molecule has 4 nitrogen and oxygen atoms in total. The Balaban J connectivity index is 1.93. The highest BCUT2D eigenvalue weighted by molar-refractivity contribution is 5.92. The minimum Gasteiger partial charge on any atom is -0.350 e. The smallest absolute Gasteiger partial charge is 0.267 e. The molecule has 1 aromatic heterocycles. The maximum absolute atomic E-state index is 12.4. The van der Waals surface area contributed by atoms with Crippen LogP contribution in [0.5, 0.6) is 0 Å². The van der Waals surface area contributed by atoms with E-state index in [0.29, 0.717) is 12.2 Å². The fraction of sp³-hybridized carbons (Fsp3) is 0.643. The number of piperidine rings is 1. The van der Waals surface area contributed by atoms with Gasteiger partial charge >= 0.3 is 0 Å². The van der Waals surface area contributed by atoms with Crippen molar-refractivity contribution in [3.63, 3.8) is 0 Å². The lowest BCUT2D eigenvalue weighted by Gasteiger charge is -2.34. The first-order valence-corrected chi connectivity index (χ1v) is 6.92. The van der Waals surface area contributed by atoms with Crippen LogP contribution in [0.4, 0.5) is 8.78 Å². The average molecular weight is 285 g/mol. The van der Waals surface area contributed by atoms with E-state index in [1.54, 1.807) is 12.1 Å². The normalized spacial score (nSPS) is 18.2. The topological polar surface area (TPSA) is 46.1 Å². The lowest BCUT2D eigenvalue weighted by molar-refractivity contribution is 0.0900. The first-order valence-electron chi connectivity index (χ1n) is 6.92. The van der Waals surface area contributed by atoms with Crippen molar-refractivity contribution in [1.29, 1.82) is 0 Å². The zero-order valence-electron chi connectivity index (χ0n) is 11.7. The van der Waals surface area contributed by atoms with E-state index >= 15 is 0 Å². The summed E-state index contributed by atoms with van der Waals surface area (Å²) in [7, 11) is 0. The number of hydrogen-bond acceptors (Lipinski definition) is 2. The number of amides is 1. The van der Waals surface area contributed by atoms with Crippen LogP contribution in [-0.2, 0) is 6.54 Å². The van der Waals surface area contributed by atoms with Gasteiger partial charge in [-0.25, -0.2) is 8.78 Å². The zero-order valence-corrected chi connectivity index (χ0v) is 11.7. The Morgan fingerprint density at radius 3 is 2.85 bits per heavy atom. The molecule has 0 bridgehead atoms. The molecule has 0 spiro atoms. The molecule has 2 N–H and O–H groups in total. The maximum atomic E-state index is 12.4. The third kappa shape index (κ3) is 3.79. The largest absolute Gasteiger partial charge is 0.350 e. The van der Waals surface area contributed by atoms with Gasteiger partial charge in [0.2, 0.25) is 0 Å². The molecule has 112 valence electrons. The summed E-state index contributed by atoms with van der Waals surface area (Å²) in [5, 5.41) is 6.16. The number of aromatic nitrogens is 1. The van der Waals surface area contributed by atoms with E-state index in [2.05, 4.69) is 17.6 Å². The van der Waals surface area contributed by atoms with Crippen LogP contribution in [0.15, 0.2) is 18.3 Å². The van der Waals surface area contributed by atoms with Gasteiger partial charge < -0.3 is 15.2 Å². The Morgan fingerprint density at radius 1 is 1.50 bits per heavy atom. The molecule has 1 fully saturated rings. The Labute approximate surface area is 117 Å². The number of alkyl halides is 2. The first kappa shape index (κ1) is 15.0. The summed E-state index contributed by atoms with van der Waals surface area (Å²) in [5.41, 5.74) is 0.379. The Hall–Kier alpha value is -1.43. The third-order valence-electron chi connectivity index (χ3n) is 3.88. The maximum Gasteiger partial charge on any atom is 0.267 e. The van der Waals surface area contributed by atoms with Gasteiger partial charge in [-0.15, -0.1) is 0 Å². The molecule has 2 heterocycles. The highest BCUT2D eigenvalue weighted by Crippen LogP contribution is 2.26. The standard InChI is InChI=1S/C14H21F2N3O/c1-14(4-6-17-7-5-14)10-18-13(20)11-3-2-8-19(11)9-12(15)16/h2-3,8,12,17H,4-7,9-10H2,1H3,(H,18,20). The van der Waals surface area contributed by atoms with Gasteiger partial charge in [-0.1, -0.05) is 6.92 Å². The molecule has 0 radical (unpaired) electrons. The number of rotatable bonds is 5. The summed E-state index contributed by atoms with van der Waals surface area (Å²) < 4.78 is 26.1. The molecule has 20 heavy (non-hydrogen) atoms. The third-order valence-corrected chi connectivity index (χ3v) is 3.88. The fourth-order valence-electron chi connectivity index (χ4n) is 2.52. The quantitative estimate of drug-likeness (QED) is 0.867. The van der Waals surface area contributed by atoms with Crippen LogP contribution in [-0.4, -0.2) is 36.5 Å². The number of nitrogens with one attached hydrogen (secondary N) is 2. The monoisotopic (exact) mass is 285 g/mol. The van der Waals surface area contributed by atoms with E-state index in [0.717, 1.165) is 25.9 Å². The lowest BCUT2D eigenvalue weighted by atomic mass is 9.81. The molecule has 1 saturated heterocycles. The van der Waals surface area contributed by atoms with Crippen LogP contribution in [0.2, 0.25) is 0 Å². The summed E-state index contributed by atoms with van der Waals surface area (Å²) in [5.74, 6) is -0.282. The van der Waals surface area contributed by atoms with E-state index in [-0.39, 0.29) is 11.3 Å². The number of carbonyl (C=O) groups excluding carboxylic acids is 1. The lowest BCUT2D eigenvalue weighted by Crippen LogP contribution is -2.43. The second kappa shape index (κ2) is 6.35. The van der Waals surface area contributed by atoms with Gasteiger partial charge in [-0.3, -0.25) is 4.79 Å². The fourth-order valence-corrected chi connectivity index (χ4v) is 2.52. The Bertz CT molecular complexity index is 453. The molecule has 0 saturated carbocycles. The van der Waals surface area contributed by atoms with Crippen molar-refractivity contribution in [3.05, 3.63) is 24.0 Å². The summed E-state index contributed by atoms with van der Waals surface area (Å²) in [6.45, 7) is 4.18. The summed E-state index contributed by atoms with van der Waals surface area (Å²) >= 11 is 0. The molecule has 6 heteroatoms. The zero-order chi connectivity index (χ0) is 14.6. The molecule has 1 amide bonds. The van der Waals surface area contributed by atoms with Gasteiger partial charge in [0, 0.05) is 12.7 Å². The second-order valence-electron chi connectivity index (χ2n) is 5.68. The summed E-state index contributed by atoms with van der Waals surface area (Å²) in [6, 6.07) is 3.19. The van der Waals surface area contributed by atoms with Crippen molar-refractivity contribution in [2.24, 2.45) is 5.41 Å². The van der Waals surface area contributed by atoms with Crippen LogP contribution in [0.25, 0.3) is 0 Å². The molecular weight excluding hydrogens is 264 g/mol. The van der Waals surface area contributed by atoms with Crippen molar-refractivity contribution in [2.75, 3.05) is 19.6 Å². The number of hydrogen-bond donors (Lipinski definition) is 2. The van der Waals surface area contributed by atoms with E-state index < -0.39 is 13.0 Å². The molecule has 0 aromatic carbocycles. The Kier molecular flexibility index (Phi) is 4.75. The average Bonchev–Trinajstić information content (AvgIpc) is 2.84. The van der Waals surface area contributed by atoms with Crippen LogP contribution in [0, 0.1) is 5.41 Å².